The molecule has 0 saturated heterocycles. The third-order valence-electron chi connectivity index (χ3n) is 7.42. The average molecular weight is 580 g/mol. The molecule has 4 rings (SSSR count). The Morgan fingerprint density at radius 2 is 1.71 bits per heavy atom. The van der Waals surface area contributed by atoms with Crippen molar-refractivity contribution >= 4 is 11.5 Å². The lowest BCUT2D eigenvalue weighted by atomic mass is 9.84. The topological polar surface area (TPSA) is 68.2 Å². The van der Waals surface area contributed by atoms with E-state index in [1.807, 2.05) is 31.2 Å². The van der Waals surface area contributed by atoms with E-state index >= 15 is 8.78 Å². The van der Waals surface area contributed by atoms with E-state index in [2.05, 4.69) is 0 Å². The van der Waals surface area contributed by atoms with Crippen LogP contribution in [0.1, 0.15) is 62.3 Å². The summed E-state index contributed by atoms with van der Waals surface area (Å²) in [6.07, 6.45) is 3.13. The van der Waals surface area contributed by atoms with Crippen LogP contribution in [0.4, 0.5) is 17.6 Å². The fourth-order valence-corrected chi connectivity index (χ4v) is 5.69. The fourth-order valence-electron chi connectivity index (χ4n) is 5.69. The second-order valence-electron chi connectivity index (χ2n) is 10.8. The predicted octanol–water partition coefficient (Wildman–Crippen LogP) is 6.43. The number of aliphatic carboxylic acids is 1. The summed E-state index contributed by atoms with van der Waals surface area (Å²) in [6.45, 7) is 2.91. The third kappa shape index (κ3) is 8.08. The maximum atomic E-state index is 15.6. The van der Waals surface area contributed by atoms with Crippen molar-refractivity contribution in [1.29, 1.82) is 0 Å². The van der Waals surface area contributed by atoms with Crippen LogP contribution in [0.25, 0.3) is 5.57 Å². The van der Waals surface area contributed by atoms with Gasteiger partial charge in [0.1, 0.15) is 24.0 Å². The number of benzene rings is 2. The molecular formula is C31H37F4NO5. The molecule has 2 aromatic rings. The van der Waals surface area contributed by atoms with Gasteiger partial charge in [0.2, 0.25) is 0 Å². The van der Waals surface area contributed by atoms with E-state index in [1.54, 1.807) is 0 Å². The summed E-state index contributed by atoms with van der Waals surface area (Å²) in [4.78, 5) is 11.9. The van der Waals surface area contributed by atoms with Gasteiger partial charge in [0, 0.05) is 37.3 Å². The van der Waals surface area contributed by atoms with E-state index in [9.17, 15) is 13.6 Å². The van der Waals surface area contributed by atoms with Crippen molar-refractivity contribution in [1.82, 2.24) is 4.90 Å². The molecule has 224 valence electrons. The fraction of sp³-hybridized carbons (Fsp3) is 0.516. The maximum absolute atomic E-state index is 15.6. The van der Waals surface area contributed by atoms with Crippen LogP contribution in [0, 0.1) is 11.6 Å². The van der Waals surface area contributed by atoms with E-state index in [1.165, 1.54) is 4.90 Å². The number of carbonyl (C=O) groups is 1. The van der Waals surface area contributed by atoms with Crippen molar-refractivity contribution in [3.8, 4) is 5.75 Å². The van der Waals surface area contributed by atoms with Gasteiger partial charge in [-0.3, -0.25) is 4.90 Å². The lowest BCUT2D eigenvalue weighted by Crippen LogP contribution is -2.46. The minimum absolute atomic E-state index is 0.0516. The summed E-state index contributed by atoms with van der Waals surface area (Å²) in [5, 5.41) is 8.50. The Labute approximate surface area is 237 Å². The molecule has 1 N–H and O–H groups in total. The largest absolute Gasteiger partial charge is 0.493 e. The van der Waals surface area contributed by atoms with Gasteiger partial charge in [0.15, 0.2) is 0 Å². The number of carboxylic acids is 1. The van der Waals surface area contributed by atoms with E-state index in [0.717, 1.165) is 54.2 Å². The molecule has 1 heterocycles. The molecule has 0 radical (unpaired) electrons. The van der Waals surface area contributed by atoms with Gasteiger partial charge in [-0.05, 0) is 61.3 Å². The molecule has 1 aliphatic heterocycles. The van der Waals surface area contributed by atoms with Crippen LogP contribution < -0.4 is 4.74 Å². The number of ether oxygens (including phenoxy) is 3. The highest BCUT2D eigenvalue weighted by Gasteiger charge is 2.43. The molecule has 0 bridgehead atoms. The van der Waals surface area contributed by atoms with Crippen LogP contribution in [0.2, 0.25) is 0 Å². The van der Waals surface area contributed by atoms with Crippen LogP contribution >= 0.6 is 0 Å². The molecule has 0 fully saturated rings. The molecule has 1 aliphatic carbocycles. The van der Waals surface area contributed by atoms with E-state index < -0.39 is 36.1 Å². The van der Waals surface area contributed by atoms with Crippen molar-refractivity contribution in [2.24, 2.45) is 0 Å². The number of nitrogens with zero attached hydrogens (tertiary/aromatic N) is 1. The van der Waals surface area contributed by atoms with Crippen LogP contribution in [0.5, 0.6) is 5.75 Å². The highest BCUT2D eigenvalue weighted by Crippen LogP contribution is 2.50. The van der Waals surface area contributed by atoms with Crippen LogP contribution in [0.3, 0.4) is 0 Å². The molecule has 2 aliphatic rings. The minimum Gasteiger partial charge on any atom is -0.493 e. The summed E-state index contributed by atoms with van der Waals surface area (Å²) in [5.41, 5.74) is 3.61. The van der Waals surface area contributed by atoms with Gasteiger partial charge in [-0.15, -0.1) is 0 Å². The van der Waals surface area contributed by atoms with Crippen molar-refractivity contribution in [2.45, 2.75) is 64.0 Å². The summed E-state index contributed by atoms with van der Waals surface area (Å²) in [5.74, 6) is -5.64. The molecule has 41 heavy (non-hydrogen) atoms. The first-order valence-corrected chi connectivity index (χ1v) is 14.0. The zero-order valence-corrected chi connectivity index (χ0v) is 23.4. The molecule has 0 amide bonds. The van der Waals surface area contributed by atoms with E-state index in [4.69, 9.17) is 19.3 Å². The average Bonchev–Trinajstić information content (AvgIpc) is 3.25. The van der Waals surface area contributed by atoms with Crippen molar-refractivity contribution in [3.05, 3.63) is 70.3 Å². The molecule has 10 heteroatoms. The zero-order chi connectivity index (χ0) is 29.6. The maximum Gasteiger partial charge on any atom is 0.329 e. The second kappa shape index (κ2) is 13.8. The standard InChI is InChI=1S/C31H37F4NO5/c1-20-14-24-23-9-5-4-8-21(23)15-25(24)30(36(20)19-31(2,34)35)29-26(32)16-22(17-27(29)33)41-11-7-3-6-10-39-12-13-40-18-28(37)38/h4-5,8-9,16-17,20,30H,3,6-7,10-15,18-19H2,1-2H3,(H,37,38)/t20-,30+/m1/s1. The zero-order valence-electron chi connectivity index (χ0n) is 23.4. The Bertz CT molecular complexity index is 1220. The van der Waals surface area contributed by atoms with E-state index in [-0.39, 0.29) is 37.2 Å². The molecule has 0 saturated carbocycles. The normalized spacial score (nSPS) is 18.9. The monoisotopic (exact) mass is 579 g/mol. The Morgan fingerprint density at radius 1 is 1.02 bits per heavy atom. The molecule has 0 aromatic heterocycles. The van der Waals surface area contributed by atoms with Crippen molar-refractivity contribution < 1.29 is 41.7 Å². The summed E-state index contributed by atoms with van der Waals surface area (Å²) < 4.78 is 75.7. The second-order valence-corrected chi connectivity index (χ2v) is 10.8. The number of unbranched alkanes of at least 4 members (excludes halogenated alkanes) is 2. The van der Waals surface area contributed by atoms with Gasteiger partial charge >= 0.3 is 5.97 Å². The number of halogens is 4. The van der Waals surface area contributed by atoms with Gasteiger partial charge in [-0.1, -0.05) is 24.3 Å². The van der Waals surface area contributed by atoms with Gasteiger partial charge < -0.3 is 19.3 Å². The smallest absolute Gasteiger partial charge is 0.329 e. The molecule has 0 unspecified atom stereocenters. The van der Waals surface area contributed by atoms with Gasteiger partial charge in [0.05, 0.1) is 32.4 Å². The van der Waals surface area contributed by atoms with E-state index in [0.29, 0.717) is 32.5 Å². The van der Waals surface area contributed by atoms with Crippen LogP contribution in [-0.4, -0.2) is 67.5 Å². The van der Waals surface area contributed by atoms with Gasteiger partial charge in [0.25, 0.3) is 5.92 Å². The quantitative estimate of drug-likeness (QED) is 0.194. The highest BCUT2D eigenvalue weighted by atomic mass is 19.3. The lowest BCUT2D eigenvalue weighted by molar-refractivity contribution is -0.142. The van der Waals surface area contributed by atoms with Gasteiger partial charge in [-0.2, -0.15) is 0 Å². The number of hydrogen-bond donors (Lipinski definition) is 1. The first-order valence-electron chi connectivity index (χ1n) is 14.0. The molecule has 6 nitrogen and oxygen atoms in total. The molecule has 2 atom stereocenters. The summed E-state index contributed by atoms with van der Waals surface area (Å²) in [7, 11) is 0. The Balaban J connectivity index is 1.40. The van der Waals surface area contributed by atoms with Gasteiger partial charge in [-0.25, -0.2) is 22.4 Å². The SMILES string of the molecule is C[C@@H]1CC2=C(Cc3ccccc32)[C@@H](c2c(F)cc(OCCCCCOCCOCC(=O)O)cc2F)N1CC(C)(F)F. The number of carboxylic acid groups (broad SMARTS) is 1. The summed E-state index contributed by atoms with van der Waals surface area (Å²) >= 11 is 0. The summed E-state index contributed by atoms with van der Waals surface area (Å²) in [6, 6.07) is 8.78. The highest BCUT2D eigenvalue weighted by molar-refractivity contribution is 5.79. The first kappa shape index (κ1) is 31.0. The third-order valence-corrected chi connectivity index (χ3v) is 7.42. The number of alkyl halides is 2. The minimum atomic E-state index is -3.04. The first-order chi connectivity index (χ1) is 19.5. The van der Waals surface area contributed by atoms with Crippen LogP contribution in [0.15, 0.2) is 42.0 Å². The Morgan fingerprint density at radius 3 is 2.41 bits per heavy atom. The Hall–Kier alpha value is -2.95. The van der Waals surface area contributed by atoms with Crippen molar-refractivity contribution in [3.63, 3.8) is 0 Å². The number of rotatable bonds is 15. The predicted molar refractivity (Wildman–Crippen MR) is 146 cm³/mol. The van der Waals surface area contributed by atoms with Crippen LogP contribution in [-0.2, 0) is 20.7 Å². The molecule has 0 spiro atoms. The van der Waals surface area contributed by atoms with Crippen molar-refractivity contribution in [2.75, 3.05) is 39.6 Å². The molecular weight excluding hydrogens is 542 g/mol. The Kier molecular flexibility index (Phi) is 10.4. The number of fused-ring (bicyclic) bond motifs is 2. The molecule has 2 aromatic carbocycles. The number of hydrogen-bond acceptors (Lipinski definition) is 5. The lowest BCUT2D eigenvalue weighted by Gasteiger charge is -2.43.